The van der Waals surface area contributed by atoms with Crippen LogP contribution in [-0.4, -0.2) is 11.3 Å². The summed E-state index contributed by atoms with van der Waals surface area (Å²) in [6, 6.07) is 0. The van der Waals surface area contributed by atoms with Gasteiger partial charge in [0, 0.05) is 0 Å². The topological polar surface area (TPSA) is 40.1 Å². The molecule has 0 rings (SSSR count). The summed E-state index contributed by atoms with van der Waals surface area (Å²) in [5.41, 5.74) is 0. The molecule has 0 N–H and O–H groups in total. The second-order valence-corrected chi connectivity index (χ2v) is 3.08. The van der Waals surface area contributed by atoms with Crippen LogP contribution >= 0.6 is 46.4 Å². The monoisotopic (exact) mass is 221 g/mol. The Morgan fingerprint density at radius 2 is 1.70 bits per heavy atom. The standard InChI is InChI=1S/C4H2Cl4O2/c5-1(3(7)8)2(6)4(9)10/h2H,(H,9,10)/p-1. The van der Waals surface area contributed by atoms with Crippen molar-refractivity contribution in [1.82, 2.24) is 0 Å². The Morgan fingerprint density at radius 1 is 1.30 bits per heavy atom. The van der Waals surface area contributed by atoms with Gasteiger partial charge in [0.1, 0.15) is 9.87 Å². The average Bonchev–Trinajstić information content (AvgIpc) is 1.84. The normalized spacial score (nSPS) is 12.4. The van der Waals surface area contributed by atoms with E-state index in [2.05, 4.69) is 0 Å². The molecule has 0 aromatic carbocycles. The molecular formula is C4HCl4O2-. The molecule has 0 aliphatic heterocycles. The van der Waals surface area contributed by atoms with E-state index in [0.29, 0.717) is 0 Å². The van der Waals surface area contributed by atoms with E-state index in [1.165, 1.54) is 0 Å². The number of carbonyl (C=O) groups excluding carboxylic acids is 1. The summed E-state index contributed by atoms with van der Waals surface area (Å²) < 4.78 is -0.370. The summed E-state index contributed by atoms with van der Waals surface area (Å²) in [5.74, 6) is -1.54. The van der Waals surface area contributed by atoms with Crippen molar-refractivity contribution in [2.45, 2.75) is 5.38 Å². The quantitative estimate of drug-likeness (QED) is 0.660. The number of halogens is 4. The van der Waals surface area contributed by atoms with Crippen LogP contribution < -0.4 is 5.11 Å². The van der Waals surface area contributed by atoms with Gasteiger partial charge >= 0.3 is 0 Å². The summed E-state index contributed by atoms with van der Waals surface area (Å²) in [7, 11) is 0. The van der Waals surface area contributed by atoms with Crippen LogP contribution in [0.5, 0.6) is 0 Å². The maximum atomic E-state index is 9.97. The lowest BCUT2D eigenvalue weighted by molar-refractivity contribution is -0.303. The van der Waals surface area contributed by atoms with E-state index >= 15 is 0 Å². The summed E-state index contributed by atoms with van der Waals surface area (Å²) in [5, 5.41) is 8.14. The van der Waals surface area contributed by atoms with Gasteiger partial charge in [-0.05, 0) is 0 Å². The third-order valence-electron chi connectivity index (χ3n) is 0.610. The fourth-order valence-corrected chi connectivity index (χ4v) is 0.727. The van der Waals surface area contributed by atoms with Gasteiger partial charge in [-0.1, -0.05) is 34.8 Å². The zero-order valence-electron chi connectivity index (χ0n) is 4.41. The first kappa shape index (κ1) is 10.4. The third kappa shape index (κ3) is 2.97. The number of carboxylic acids is 1. The molecule has 0 saturated carbocycles. The molecule has 0 aliphatic carbocycles. The summed E-state index contributed by atoms with van der Waals surface area (Å²) in [6.45, 7) is 0. The number of aliphatic carboxylic acids is 1. The van der Waals surface area contributed by atoms with Gasteiger partial charge in [-0.3, -0.25) is 0 Å². The van der Waals surface area contributed by atoms with Crippen molar-refractivity contribution in [2.24, 2.45) is 0 Å². The highest BCUT2D eigenvalue weighted by molar-refractivity contribution is 6.61. The molecule has 0 spiro atoms. The minimum Gasteiger partial charge on any atom is -0.548 e. The molecule has 0 aromatic heterocycles. The highest BCUT2D eigenvalue weighted by Crippen LogP contribution is 2.23. The van der Waals surface area contributed by atoms with Crippen LogP contribution in [0.25, 0.3) is 0 Å². The highest BCUT2D eigenvalue weighted by Gasteiger charge is 2.12. The van der Waals surface area contributed by atoms with E-state index in [9.17, 15) is 9.90 Å². The Morgan fingerprint density at radius 3 is 1.80 bits per heavy atom. The Balaban J connectivity index is 4.37. The van der Waals surface area contributed by atoms with E-state index < -0.39 is 11.3 Å². The largest absolute Gasteiger partial charge is 0.548 e. The van der Waals surface area contributed by atoms with Gasteiger partial charge in [-0.2, -0.15) is 0 Å². The molecule has 10 heavy (non-hydrogen) atoms. The van der Waals surface area contributed by atoms with E-state index in [1.54, 1.807) is 0 Å². The highest BCUT2D eigenvalue weighted by atomic mass is 35.5. The molecule has 0 saturated heterocycles. The van der Waals surface area contributed by atoms with Crippen molar-refractivity contribution in [3.05, 3.63) is 9.52 Å². The maximum absolute atomic E-state index is 9.97. The number of hydrogen-bond acceptors (Lipinski definition) is 2. The molecule has 0 bridgehead atoms. The smallest absolute Gasteiger partial charge is 0.123 e. The molecule has 0 aromatic rings. The van der Waals surface area contributed by atoms with Gasteiger partial charge < -0.3 is 9.90 Å². The first-order valence-corrected chi connectivity index (χ1v) is 3.59. The van der Waals surface area contributed by atoms with E-state index in [-0.39, 0.29) is 9.52 Å². The minimum atomic E-state index is -1.54. The van der Waals surface area contributed by atoms with Crippen LogP contribution in [0.1, 0.15) is 0 Å². The lowest BCUT2D eigenvalue weighted by Gasteiger charge is -2.07. The van der Waals surface area contributed by atoms with E-state index in [0.717, 1.165) is 0 Å². The Labute approximate surface area is 77.3 Å². The maximum Gasteiger partial charge on any atom is 0.123 e. The number of carboxylic acid groups (broad SMARTS) is 1. The van der Waals surface area contributed by atoms with Crippen LogP contribution in [-0.2, 0) is 4.79 Å². The summed E-state index contributed by atoms with van der Waals surface area (Å²) in [6.07, 6.45) is 0. The van der Waals surface area contributed by atoms with Crippen LogP contribution in [0.2, 0.25) is 0 Å². The number of carbonyl (C=O) groups is 1. The van der Waals surface area contributed by atoms with Gasteiger partial charge in [0.15, 0.2) is 0 Å². The molecular weight excluding hydrogens is 222 g/mol. The summed E-state index contributed by atoms with van der Waals surface area (Å²) in [4.78, 5) is 9.97. The average molecular weight is 223 g/mol. The van der Waals surface area contributed by atoms with E-state index in [4.69, 9.17) is 46.4 Å². The molecule has 1 atom stereocenters. The number of hydrogen-bond donors (Lipinski definition) is 0. The Hall–Kier alpha value is 0.370. The fourth-order valence-electron chi connectivity index (χ4n) is 0.199. The van der Waals surface area contributed by atoms with Gasteiger partial charge in [-0.25, -0.2) is 0 Å². The first-order valence-electron chi connectivity index (χ1n) is 2.02. The van der Waals surface area contributed by atoms with Crippen molar-refractivity contribution in [2.75, 3.05) is 0 Å². The van der Waals surface area contributed by atoms with Gasteiger partial charge in [0.2, 0.25) is 0 Å². The number of alkyl halides is 1. The molecule has 0 radical (unpaired) electrons. The van der Waals surface area contributed by atoms with Gasteiger partial charge in [0.05, 0.1) is 11.0 Å². The molecule has 0 amide bonds. The molecule has 1 unspecified atom stereocenters. The van der Waals surface area contributed by atoms with Crippen molar-refractivity contribution in [3.8, 4) is 0 Å². The first-order chi connectivity index (χ1) is 4.46. The summed E-state index contributed by atoms with van der Waals surface area (Å²) >= 11 is 20.6. The Bertz CT molecular complexity index is 172. The predicted octanol–water partition coefficient (Wildman–Crippen LogP) is 1.23. The van der Waals surface area contributed by atoms with Crippen LogP contribution in [0, 0.1) is 0 Å². The van der Waals surface area contributed by atoms with Crippen LogP contribution in [0.4, 0.5) is 0 Å². The zero-order valence-corrected chi connectivity index (χ0v) is 7.43. The van der Waals surface area contributed by atoms with Crippen molar-refractivity contribution >= 4 is 52.4 Å². The van der Waals surface area contributed by atoms with E-state index in [1.807, 2.05) is 0 Å². The molecule has 58 valence electrons. The minimum absolute atomic E-state index is 0.343. The molecule has 0 heterocycles. The van der Waals surface area contributed by atoms with Crippen LogP contribution in [0.3, 0.4) is 0 Å². The molecule has 6 heteroatoms. The number of rotatable bonds is 2. The van der Waals surface area contributed by atoms with Gasteiger partial charge in [-0.15, -0.1) is 11.6 Å². The second-order valence-electron chi connectivity index (χ2n) is 1.29. The van der Waals surface area contributed by atoms with Crippen LogP contribution in [0.15, 0.2) is 9.52 Å². The van der Waals surface area contributed by atoms with Crippen molar-refractivity contribution in [3.63, 3.8) is 0 Å². The third-order valence-corrected chi connectivity index (χ3v) is 2.13. The van der Waals surface area contributed by atoms with Crippen molar-refractivity contribution in [1.29, 1.82) is 0 Å². The van der Waals surface area contributed by atoms with Gasteiger partial charge in [0.25, 0.3) is 0 Å². The zero-order chi connectivity index (χ0) is 8.31. The van der Waals surface area contributed by atoms with Crippen molar-refractivity contribution < 1.29 is 9.90 Å². The lowest BCUT2D eigenvalue weighted by Crippen LogP contribution is -2.32. The lowest BCUT2D eigenvalue weighted by atomic mass is 10.4. The predicted molar refractivity (Wildman–Crippen MR) is 39.2 cm³/mol. The Kier molecular flexibility index (Phi) is 4.45. The molecule has 0 aliphatic rings. The fraction of sp³-hybridized carbons (Fsp3) is 0.250. The molecule has 2 nitrogen and oxygen atoms in total. The molecule has 0 fully saturated rings. The second kappa shape index (κ2) is 4.29. The SMILES string of the molecule is O=C([O-])C(Cl)C(Cl)=C(Cl)Cl.